The third kappa shape index (κ3) is 3.72. The lowest BCUT2D eigenvalue weighted by Crippen LogP contribution is -2.12. The van der Waals surface area contributed by atoms with E-state index in [2.05, 4.69) is 23.7 Å². The number of hydrogen-bond donors (Lipinski definition) is 1. The van der Waals surface area contributed by atoms with Crippen molar-refractivity contribution in [3.63, 3.8) is 0 Å². The van der Waals surface area contributed by atoms with Crippen LogP contribution in [0.15, 0.2) is 29.6 Å². The molecule has 0 fully saturated rings. The smallest absolute Gasteiger partial charge is 0.122 e. The van der Waals surface area contributed by atoms with Gasteiger partial charge in [0, 0.05) is 24.0 Å². The van der Waals surface area contributed by atoms with E-state index in [9.17, 15) is 0 Å². The van der Waals surface area contributed by atoms with E-state index in [0.29, 0.717) is 0 Å². The summed E-state index contributed by atoms with van der Waals surface area (Å²) < 4.78 is 10.5. The molecule has 4 heteroatoms. The molecule has 0 amide bonds. The average molecular weight is 277 g/mol. The quantitative estimate of drug-likeness (QED) is 0.878. The van der Waals surface area contributed by atoms with E-state index in [4.69, 9.17) is 9.47 Å². The number of nitrogens with one attached hydrogen (secondary N) is 1. The highest BCUT2D eigenvalue weighted by atomic mass is 32.1. The van der Waals surface area contributed by atoms with Gasteiger partial charge in [-0.2, -0.15) is 0 Å². The lowest BCUT2D eigenvalue weighted by atomic mass is 10.2. The van der Waals surface area contributed by atoms with Crippen LogP contribution in [0.4, 0.5) is 0 Å². The molecule has 1 aromatic carbocycles. The predicted octanol–water partition coefficient (Wildman–Crippen LogP) is 3.36. The third-order valence-corrected chi connectivity index (χ3v) is 4.02. The molecule has 19 heavy (non-hydrogen) atoms. The van der Waals surface area contributed by atoms with E-state index in [1.807, 2.05) is 18.2 Å². The molecule has 0 saturated carbocycles. The highest BCUT2D eigenvalue weighted by Crippen LogP contribution is 2.22. The zero-order chi connectivity index (χ0) is 13.7. The fourth-order valence-corrected chi connectivity index (χ4v) is 2.75. The van der Waals surface area contributed by atoms with Gasteiger partial charge in [-0.3, -0.25) is 0 Å². The van der Waals surface area contributed by atoms with Crippen LogP contribution in [-0.4, -0.2) is 14.2 Å². The number of benzene rings is 1. The van der Waals surface area contributed by atoms with Gasteiger partial charge in [0.25, 0.3) is 0 Å². The van der Waals surface area contributed by atoms with Gasteiger partial charge in [-0.1, -0.05) is 0 Å². The Morgan fingerprint density at radius 2 is 1.74 bits per heavy atom. The summed E-state index contributed by atoms with van der Waals surface area (Å²) in [7, 11) is 3.34. The van der Waals surface area contributed by atoms with E-state index >= 15 is 0 Å². The summed E-state index contributed by atoms with van der Waals surface area (Å²) in [6, 6.07) is 8.08. The molecule has 0 spiro atoms. The number of ether oxygens (including phenoxy) is 2. The van der Waals surface area contributed by atoms with Crippen LogP contribution in [0.1, 0.15) is 16.0 Å². The van der Waals surface area contributed by atoms with Gasteiger partial charge in [0.15, 0.2) is 0 Å². The second kappa shape index (κ2) is 6.59. The van der Waals surface area contributed by atoms with Crippen LogP contribution in [0.5, 0.6) is 11.5 Å². The maximum atomic E-state index is 5.26. The van der Waals surface area contributed by atoms with E-state index in [-0.39, 0.29) is 0 Å². The molecule has 3 nitrogen and oxygen atoms in total. The van der Waals surface area contributed by atoms with Crippen LogP contribution in [0.25, 0.3) is 0 Å². The molecule has 102 valence electrons. The Balaban J connectivity index is 1.97. The van der Waals surface area contributed by atoms with Gasteiger partial charge in [0.05, 0.1) is 14.2 Å². The molecule has 2 aromatic rings. The van der Waals surface area contributed by atoms with Crippen molar-refractivity contribution in [3.8, 4) is 11.5 Å². The van der Waals surface area contributed by atoms with Crippen LogP contribution in [-0.2, 0) is 13.1 Å². The second-order valence-corrected chi connectivity index (χ2v) is 5.35. The minimum Gasteiger partial charge on any atom is -0.497 e. The normalized spacial score (nSPS) is 10.5. The van der Waals surface area contributed by atoms with Gasteiger partial charge >= 0.3 is 0 Å². The molecule has 1 heterocycles. The van der Waals surface area contributed by atoms with Gasteiger partial charge in [-0.05, 0) is 41.6 Å². The molecule has 0 aliphatic carbocycles. The van der Waals surface area contributed by atoms with E-state index in [1.165, 1.54) is 10.4 Å². The number of aryl methyl sites for hydroxylation is 1. The lowest BCUT2D eigenvalue weighted by Gasteiger charge is -2.09. The van der Waals surface area contributed by atoms with Crippen molar-refractivity contribution in [1.29, 1.82) is 0 Å². The van der Waals surface area contributed by atoms with Crippen molar-refractivity contribution >= 4 is 11.3 Å². The number of thiophene rings is 1. The van der Waals surface area contributed by atoms with Gasteiger partial charge in [-0.25, -0.2) is 0 Å². The fraction of sp³-hybridized carbons (Fsp3) is 0.333. The van der Waals surface area contributed by atoms with Crippen molar-refractivity contribution in [2.24, 2.45) is 0 Å². The van der Waals surface area contributed by atoms with Crippen molar-refractivity contribution < 1.29 is 9.47 Å². The Kier molecular flexibility index (Phi) is 4.82. The lowest BCUT2D eigenvalue weighted by molar-refractivity contribution is 0.393. The molecule has 0 saturated heterocycles. The van der Waals surface area contributed by atoms with Crippen LogP contribution in [0.2, 0.25) is 0 Å². The Labute approximate surface area is 118 Å². The number of hydrogen-bond acceptors (Lipinski definition) is 4. The summed E-state index contributed by atoms with van der Waals surface area (Å²) in [5.74, 6) is 1.65. The van der Waals surface area contributed by atoms with Crippen LogP contribution in [0.3, 0.4) is 0 Å². The molecule has 1 N–H and O–H groups in total. The first kappa shape index (κ1) is 13.9. The zero-order valence-corrected chi connectivity index (χ0v) is 12.3. The Morgan fingerprint density at radius 1 is 1.05 bits per heavy atom. The average Bonchev–Trinajstić information content (AvgIpc) is 2.84. The van der Waals surface area contributed by atoms with Crippen molar-refractivity contribution in [2.45, 2.75) is 20.0 Å². The summed E-state index contributed by atoms with van der Waals surface area (Å²) in [5, 5.41) is 5.57. The van der Waals surface area contributed by atoms with Crippen LogP contribution in [0, 0.1) is 6.92 Å². The van der Waals surface area contributed by atoms with E-state index < -0.39 is 0 Å². The molecular formula is C15H19NO2S. The Bertz CT molecular complexity index is 514. The molecule has 0 unspecified atom stereocenters. The largest absolute Gasteiger partial charge is 0.497 e. The molecule has 0 atom stereocenters. The Hall–Kier alpha value is -1.52. The summed E-state index contributed by atoms with van der Waals surface area (Å²) in [4.78, 5) is 1.38. The maximum Gasteiger partial charge on any atom is 0.122 e. The third-order valence-electron chi connectivity index (χ3n) is 2.99. The highest BCUT2D eigenvalue weighted by molar-refractivity contribution is 7.10. The molecule has 0 bridgehead atoms. The summed E-state index contributed by atoms with van der Waals surface area (Å²) in [6.07, 6.45) is 0. The molecule has 2 rings (SSSR count). The molecule has 0 aliphatic rings. The van der Waals surface area contributed by atoms with Crippen LogP contribution < -0.4 is 14.8 Å². The molecule has 0 radical (unpaired) electrons. The molecular weight excluding hydrogens is 258 g/mol. The Morgan fingerprint density at radius 3 is 2.26 bits per heavy atom. The standard InChI is InChI=1S/C15H19NO2S/c1-11-4-5-19-15(11)10-16-9-12-6-13(17-2)8-14(7-12)18-3/h4-8,16H,9-10H2,1-3H3. The topological polar surface area (TPSA) is 30.5 Å². The molecule has 0 aliphatic heterocycles. The van der Waals surface area contributed by atoms with E-state index in [1.54, 1.807) is 25.6 Å². The van der Waals surface area contributed by atoms with Gasteiger partial charge in [0.2, 0.25) is 0 Å². The minimum atomic E-state index is 0.797. The van der Waals surface area contributed by atoms with Crippen molar-refractivity contribution in [1.82, 2.24) is 5.32 Å². The highest BCUT2D eigenvalue weighted by Gasteiger charge is 2.03. The summed E-state index contributed by atoms with van der Waals surface area (Å²) in [6.45, 7) is 3.83. The summed E-state index contributed by atoms with van der Waals surface area (Å²) in [5.41, 5.74) is 2.51. The first-order valence-electron chi connectivity index (χ1n) is 6.18. The zero-order valence-electron chi connectivity index (χ0n) is 11.5. The van der Waals surface area contributed by atoms with Crippen LogP contribution >= 0.6 is 11.3 Å². The van der Waals surface area contributed by atoms with Gasteiger partial charge in [0.1, 0.15) is 11.5 Å². The van der Waals surface area contributed by atoms with Crippen molar-refractivity contribution in [3.05, 3.63) is 45.6 Å². The minimum absolute atomic E-state index is 0.797. The fourth-order valence-electron chi connectivity index (χ4n) is 1.87. The van der Waals surface area contributed by atoms with Gasteiger partial charge < -0.3 is 14.8 Å². The molecule has 1 aromatic heterocycles. The first-order chi connectivity index (χ1) is 9.22. The number of rotatable bonds is 6. The monoisotopic (exact) mass is 277 g/mol. The first-order valence-corrected chi connectivity index (χ1v) is 7.06. The number of methoxy groups -OCH3 is 2. The van der Waals surface area contributed by atoms with Gasteiger partial charge in [-0.15, -0.1) is 11.3 Å². The van der Waals surface area contributed by atoms with Crippen molar-refractivity contribution in [2.75, 3.05) is 14.2 Å². The second-order valence-electron chi connectivity index (χ2n) is 4.35. The summed E-state index contributed by atoms with van der Waals surface area (Å²) >= 11 is 1.79. The predicted molar refractivity (Wildman–Crippen MR) is 79.1 cm³/mol. The SMILES string of the molecule is COc1cc(CNCc2sccc2C)cc(OC)c1. The maximum absolute atomic E-state index is 5.26. The van der Waals surface area contributed by atoms with E-state index in [0.717, 1.165) is 30.2 Å².